The summed E-state index contributed by atoms with van der Waals surface area (Å²) < 4.78 is 10.5. The van der Waals surface area contributed by atoms with Crippen LogP contribution in [0.5, 0.6) is 5.88 Å². The lowest BCUT2D eigenvalue weighted by Crippen LogP contribution is -2.42. The highest BCUT2D eigenvalue weighted by atomic mass is 35.5. The van der Waals surface area contributed by atoms with Gasteiger partial charge in [-0.1, -0.05) is 6.07 Å². The minimum Gasteiger partial charge on any atom is -0.475 e. The number of aromatic nitrogens is 1. The molecule has 2 aliphatic rings. The van der Waals surface area contributed by atoms with Crippen LogP contribution >= 0.6 is 12.4 Å². The van der Waals surface area contributed by atoms with Crippen molar-refractivity contribution in [1.29, 1.82) is 0 Å². The van der Waals surface area contributed by atoms with Crippen molar-refractivity contribution in [1.82, 2.24) is 10.3 Å². The summed E-state index contributed by atoms with van der Waals surface area (Å²) in [4.78, 5) is 19.1. The summed E-state index contributed by atoms with van der Waals surface area (Å²) in [5.41, 5.74) is -0.181. The number of ether oxygens (including phenoxy) is 2. The van der Waals surface area contributed by atoms with Crippen LogP contribution in [-0.2, 0) is 9.53 Å². The number of hydrogen-bond donors (Lipinski definition) is 1. The maximum absolute atomic E-state index is 12.9. The van der Waals surface area contributed by atoms with Crippen molar-refractivity contribution in [3.05, 3.63) is 18.2 Å². The molecule has 0 unspecified atom stereocenters. The molecule has 3 rings (SSSR count). The molecule has 0 bridgehead atoms. The van der Waals surface area contributed by atoms with Crippen LogP contribution in [0.25, 0.3) is 0 Å². The molecule has 2 aliphatic heterocycles. The molecular formula is C16H24ClN3O3. The number of carbonyl (C=O) groups excluding carboxylic acids is 1. The van der Waals surface area contributed by atoms with Crippen molar-refractivity contribution in [2.75, 3.05) is 44.9 Å². The Balaban J connectivity index is 0.00000192. The molecule has 2 fully saturated rings. The number of hydrogen-bond acceptors (Lipinski definition) is 5. The fourth-order valence-corrected chi connectivity index (χ4v) is 3.27. The SMILES string of the molecule is COCCOc1cccc(N2CCC3(CCNCC3)C2=O)n1.Cl. The van der Waals surface area contributed by atoms with E-state index in [9.17, 15) is 4.79 Å². The van der Waals surface area contributed by atoms with Crippen molar-refractivity contribution in [2.24, 2.45) is 5.41 Å². The van der Waals surface area contributed by atoms with Crippen molar-refractivity contribution in [3.8, 4) is 5.88 Å². The Hall–Kier alpha value is -1.37. The Kier molecular flexibility index (Phi) is 6.21. The Morgan fingerprint density at radius 3 is 2.78 bits per heavy atom. The quantitative estimate of drug-likeness (QED) is 0.825. The van der Waals surface area contributed by atoms with E-state index in [4.69, 9.17) is 9.47 Å². The van der Waals surface area contributed by atoms with Gasteiger partial charge in [0.1, 0.15) is 12.4 Å². The van der Waals surface area contributed by atoms with Crippen LogP contribution in [0.4, 0.5) is 5.82 Å². The van der Waals surface area contributed by atoms with Gasteiger partial charge in [0.25, 0.3) is 0 Å². The van der Waals surface area contributed by atoms with Gasteiger partial charge in [-0.15, -0.1) is 12.4 Å². The van der Waals surface area contributed by atoms with Gasteiger partial charge in [0.15, 0.2) is 0 Å². The van der Waals surface area contributed by atoms with Crippen LogP contribution in [0.2, 0.25) is 0 Å². The zero-order valence-corrected chi connectivity index (χ0v) is 14.2. The van der Waals surface area contributed by atoms with Gasteiger partial charge in [-0.2, -0.15) is 4.98 Å². The van der Waals surface area contributed by atoms with Gasteiger partial charge in [0.05, 0.1) is 12.0 Å². The summed E-state index contributed by atoms with van der Waals surface area (Å²) in [7, 11) is 1.63. The lowest BCUT2D eigenvalue weighted by Gasteiger charge is -2.31. The first-order valence-electron chi connectivity index (χ1n) is 7.87. The predicted octanol–water partition coefficient (Wildman–Crippen LogP) is 1.64. The summed E-state index contributed by atoms with van der Waals surface area (Å²) in [5.74, 6) is 1.44. The summed E-state index contributed by atoms with van der Waals surface area (Å²) in [6.07, 6.45) is 2.77. The topological polar surface area (TPSA) is 63.7 Å². The molecule has 1 aromatic rings. The summed E-state index contributed by atoms with van der Waals surface area (Å²) in [6.45, 7) is 3.56. The molecule has 3 heterocycles. The molecule has 6 nitrogen and oxygen atoms in total. The first kappa shape index (κ1) is 18.0. The zero-order valence-electron chi connectivity index (χ0n) is 13.4. The maximum Gasteiger partial charge on any atom is 0.234 e. The van der Waals surface area contributed by atoms with E-state index in [2.05, 4.69) is 10.3 Å². The molecule has 1 N–H and O–H groups in total. The highest BCUT2D eigenvalue weighted by Crippen LogP contribution is 2.41. The average Bonchev–Trinajstić information content (AvgIpc) is 2.86. The third-order valence-corrected chi connectivity index (χ3v) is 4.60. The van der Waals surface area contributed by atoms with E-state index in [0.29, 0.717) is 24.9 Å². The summed E-state index contributed by atoms with van der Waals surface area (Å²) in [5, 5.41) is 3.33. The number of nitrogens with zero attached hydrogens (tertiary/aromatic N) is 2. The molecule has 1 amide bonds. The fraction of sp³-hybridized carbons (Fsp3) is 0.625. The fourth-order valence-electron chi connectivity index (χ4n) is 3.27. The molecule has 128 valence electrons. The highest BCUT2D eigenvalue weighted by molar-refractivity contribution is 5.99. The van der Waals surface area contributed by atoms with E-state index in [1.54, 1.807) is 13.2 Å². The molecule has 0 aliphatic carbocycles. The number of methoxy groups -OCH3 is 1. The number of piperidine rings is 1. The third-order valence-electron chi connectivity index (χ3n) is 4.60. The summed E-state index contributed by atoms with van der Waals surface area (Å²) in [6, 6.07) is 5.56. The van der Waals surface area contributed by atoms with Crippen molar-refractivity contribution in [3.63, 3.8) is 0 Å². The second-order valence-electron chi connectivity index (χ2n) is 5.91. The van der Waals surface area contributed by atoms with E-state index in [0.717, 1.165) is 38.9 Å². The second-order valence-corrected chi connectivity index (χ2v) is 5.91. The number of nitrogens with one attached hydrogen (secondary N) is 1. The van der Waals surface area contributed by atoms with E-state index in [1.165, 1.54) is 0 Å². The van der Waals surface area contributed by atoms with Gasteiger partial charge < -0.3 is 14.8 Å². The number of pyridine rings is 1. The smallest absolute Gasteiger partial charge is 0.234 e. The first-order valence-corrected chi connectivity index (χ1v) is 7.87. The molecule has 0 aromatic carbocycles. The van der Waals surface area contributed by atoms with Gasteiger partial charge in [-0.05, 0) is 38.4 Å². The molecule has 1 aromatic heterocycles. The van der Waals surface area contributed by atoms with Crippen LogP contribution in [0.3, 0.4) is 0 Å². The van der Waals surface area contributed by atoms with E-state index in [-0.39, 0.29) is 23.7 Å². The van der Waals surface area contributed by atoms with Crippen molar-refractivity contribution >= 4 is 24.1 Å². The molecule has 0 atom stereocenters. The van der Waals surface area contributed by atoms with Gasteiger partial charge in [0, 0.05) is 19.7 Å². The van der Waals surface area contributed by atoms with Crippen LogP contribution in [0, 0.1) is 5.41 Å². The van der Waals surface area contributed by atoms with E-state index < -0.39 is 0 Å². The van der Waals surface area contributed by atoms with Crippen LogP contribution in [0.1, 0.15) is 19.3 Å². The van der Waals surface area contributed by atoms with Crippen LogP contribution in [0.15, 0.2) is 18.2 Å². The lowest BCUT2D eigenvalue weighted by atomic mass is 9.78. The molecular weight excluding hydrogens is 318 g/mol. The Morgan fingerprint density at radius 1 is 1.26 bits per heavy atom. The third kappa shape index (κ3) is 3.76. The van der Waals surface area contributed by atoms with Gasteiger partial charge in [-0.3, -0.25) is 9.69 Å². The standard InChI is InChI=1S/C16H23N3O3.ClH/c1-21-11-12-22-14-4-2-3-13(18-14)19-10-7-16(15(19)20)5-8-17-9-6-16;/h2-4,17H,5-12H2,1H3;1H. The number of carbonyl (C=O) groups is 1. The predicted molar refractivity (Wildman–Crippen MR) is 90.4 cm³/mol. The molecule has 7 heteroatoms. The number of amides is 1. The zero-order chi connectivity index (χ0) is 15.4. The Morgan fingerprint density at radius 2 is 2.04 bits per heavy atom. The normalized spacial score (nSPS) is 19.7. The first-order chi connectivity index (χ1) is 10.7. The minimum atomic E-state index is -0.181. The van der Waals surface area contributed by atoms with Crippen molar-refractivity contribution in [2.45, 2.75) is 19.3 Å². The Labute approximate surface area is 143 Å². The largest absolute Gasteiger partial charge is 0.475 e. The minimum absolute atomic E-state index is 0. The van der Waals surface area contributed by atoms with Gasteiger partial charge in [-0.25, -0.2) is 0 Å². The van der Waals surface area contributed by atoms with E-state index in [1.807, 2.05) is 17.0 Å². The van der Waals surface area contributed by atoms with Crippen LogP contribution in [-0.4, -0.2) is 50.8 Å². The molecule has 1 spiro atoms. The summed E-state index contributed by atoms with van der Waals surface area (Å²) >= 11 is 0. The van der Waals surface area contributed by atoms with Crippen LogP contribution < -0.4 is 15.0 Å². The van der Waals surface area contributed by atoms with Crippen molar-refractivity contribution < 1.29 is 14.3 Å². The number of halogens is 1. The average molecular weight is 342 g/mol. The maximum atomic E-state index is 12.9. The Bertz CT molecular complexity index is 535. The molecule has 23 heavy (non-hydrogen) atoms. The number of anilines is 1. The second kappa shape index (κ2) is 7.95. The highest BCUT2D eigenvalue weighted by Gasteiger charge is 2.47. The molecule has 0 radical (unpaired) electrons. The van der Waals surface area contributed by atoms with Gasteiger partial charge in [0.2, 0.25) is 11.8 Å². The lowest BCUT2D eigenvalue weighted by molar-refractivity contribution is -0.126. The van der Waals surface area contributed by atoms with Gasteiger partial charge >= 0.3 is 0 Å². The molecule has 0 saturated carbocycles. The number of rotatable bonds is 5. The van der Waals surface area contributed by atoms with E-state index >= 15 is 0 Å². The monoisotopic (exact) mass is 341 g/mol. The molecule has 2 saturated heterocycles.